The molecule has 1 amide bonds. The summed E-state index contributed by atoms with van der Waals surface area (Å²) in [7, 11) is 3.34. The summed E-state index contributed by atoms with van der Waals surface area (Å²) in [5, 5.41) is 13.5. The topological polar surface area (TPSA) is 102 Å². The number of nitrogens with zero attached hydrogens (tertiary/aromatic N) is 2. The summed E-state index contributed by atoms with van der Waals surface area (Å²) in [5.74, 6) is -1.94. The summed E-state index contributed by atoms with van der Waals surface area (Å²) < 4.78 is 18.0. The first-order valence-electron chi connectivity index (χ1n) is 7.92. The van der Waals surface area contributed by atoms with Crippen molar-refractivity contribution < 1.29 is 23.6 Å². The van der Waals surface area contributed by atoms with Crippen molar-refractivity contribution in [3.05, 3.63) is 64.0 Å². The lowest BCUT2D eigenvalue weighted by Crippen LogP contribution is -2.30. The molecule has 9 heteroatoms. The van der Waals surface area contributed by atoms with Crippen LogP contribution in [0.3, 0.4) is 0 Å². The predicted octanol–water partition coefficient (Wildman–Crippen LogP) is 2.98. The van der Waals surface area contributed by atoms with Gasteiger partial charge in [-0.3, -0.25) is 14.9 Å². The van der Waals surface area contributed by atoms with Crippen molar-refractivity contribution in [1.29, 1.82) is 0 Å². The third-order valence-electron chi connectivity index (χ3n) is 3.66. The van der Waals surface area contributed by atoms with Gasteiger partial charge < -0.3 is 15.0 Å². The Morgan fingerprint density at radius 2 is 1.81 bits per heavy atom. The van der Waals surface area contributed by atoms with Gasteiger partial charge in [0.05, 0.1) is 16.2 Å². The van der Waals surface area contributed by atoms with Gasteiger partial charge in [0.25, 0.3) is 11.6 Å². The zero-order valence-corrected chi connectivity index (χ0v) is 14.9. The van der Waals surface area contributed by atoms with Crippen molar-refractivity contribution >= 4 is 28.9 Å². The molecule has 0 fully saturated rings. The van der Waals surface area contributed by atoms with Crippen molar-refractivity contribution in [2.75, 3.05) is 24.3 Å². The van der Waals surface area contributed by atoms with Gasteiger partial charge in [-0.15, -0.1) is 0 Å². The number of ether oxygens (including phenoxy) is 1. The summed E-state index contributed by atoms with van der Waals surface area (Å²) in [6.45, 7) is 1.36. The minimum atomic E-state index is -1.17. The molecule has 0 saturated heterocycles. The van der Waals surface area contributed by atoms with E-state index in [1.165, 1.54) is 43.3 Å². The van der Waals surface area contributed by atoms with Crippen molar-refractivity contribution in [3.8, 4) is 0 Å². The van der Waals surface area contributed by atoms with Crippen molar-refractivity contribution in [2.24, 2.45) is 0 Å². The van der Waals surface area contributed by atoms with Crippen LogP contribution in [0.15, 0.2) is 42.5 Å². The van der Waals surface area contributed by atoms with E-state index < -0.39 is 28.7 Å². The molecule has 0 radical (unpaired) electrons. The highest BCUT2D eigenvalue weighted by molar-refractivity contribution is 6.00. The number of halogens is 1. The van der Waals surface area contributed by atoms with Gasteiger partial charge in [0.1, 0.15) is 5.82 Å². The molecule has 27 heavy (non-hydrogen) atoms. The van der Waals surface area contributed by atoms with Gasteiger partial charge in [0, 0.05) is 31.9 Å². The average molecular weight is 375 g/mol. The van der Waals surface area contributed by atoms with Gasteiger partial charge in [-0.05, 0) is 37.3 Å². The molecule has 2 aromatic carbocycles. The SMILES string of the molecule is C[C@@H](OC(=O)c1cc([N+](=O)[O-])ccc1N(C)C)C(=O)Nc1ccc(F)cc1. The highest BCUT2D eigenvalue weighted by Crippen LogP contribution is 2.25. The van der Waals surface area contributed by atoms with Gasteiger partial charge in [-0.1, -0.05) is 0 Å². The van der Waals surface area contributed by atoms with Crippen LogP contribution in [0, 0.1) is 15.9 Å². The second-order valence-electron chi connectivity index (χ2n) is 5.90. The molecular formula is C18H18FN3O5. The predicted molar refractivity (Wildman–Crippen MR) is 97.3 cm³/mol. The lowest BCUT2D eigenvalue weighted by atomic mass is 10.1. The molecule has 0 aliphatic carbocycles. The molecule has 1 atom stereocenters. The van der Waals surface area contributed by atoms with E-state index in [9.17, 15) is 24.1 Å². The molecule has 8 nitrogen and oxygen atoms in total. The summed E-state index contributed by atoms with van der Waals surface area (Å²) in [5.41, 5.74) is 0.456. The van der Waals surface area contributed by atoms with Crippen molar-refractivity contribution in [1.82, 2.24) is 0 Å². The molecule has 0 heterocycles. The van der Waals surface area contributed by atoms with Gasteiger partial charge in [-0.25, -0.2) is 9.18 Å². The summed E-state index contributed by atoms with van der Waals surface area (Å²) in [6, 6.07) is 8.90. The van der Waals surface area contributed by atoms with Crippen LogP contribution in [0.1, 0.15) is 17.3 Å². The van der Waals surface area contributed by atoms with E-state index in [2.05, 4.69) is 5.32 Å². The first-order chi connectivity index (χ1) is 12.7. The molecule has 0 aliphatic heterocycles. The summed E-state index contributed by atoms with van der Waals surface area (Å²) in [6.07, 6.45) is -1.17. The number of carbonyl (C=O) groups is 2. The largest absolute Gasteiger partial charge is 0.449 e. The molecule has 0 unspecified atom stereocenters. The first kappa shape index (κ1) is 19.8. The monoisotopic (exact) mass is 375 g/mol. The second-order valence-corrected chi connectivity index (χ2v) is 5.90. The standard InChI is InChI=1S/C18H18FN3O5/c1-11(17(23)20-13-6-4-12(19)5-7-13)27-18(24)15-10-14(22(25)26)8-9-16(15)21(2)3/h4-11H,1-3H3,(H,20,23)/t11-/m1/s1. The number of nitro benzene ring substituents is 1. The van der Waals surface area contributed by atoms with Crippen LogP contribution in [0.25, 0.3) is 0 Å². The number of rotatable bonds is 6. The smallest absolute Gasteiger partial charge is 0.341 e. The lowest BCUT2D eigenvalue weighted by molar-refractivity contribution is -0.384. The van der Waals surface area contributed by atoms with Crippen LogP contribution in [-0.4, -0.2) is 37.0 Å². The lowest BCUT2D eigenvalue weighted by Gasteiger charge is -2.18. The Balaban J connectivity index is 2.15. The van der Waals surface area contributed by atoms with Crippen LogP contribution in [0.2, 0.25) is 0 Å². The number of amides is 1. The average Bonchev–Trinajstić information content (AvgIpc) is 2.62. The highest BCUT2D eigenvalue weighted by Gasteiger charge is 2.24. The van der Waals surface area contributed by atoms with Gasteiger partial charge in [0.15, 0.2) is 6.10 Å². The number of nitrogens with one attached hydrogen (secondary N) is 1. The maximum absolute atomic E-state index is 12.9. The number of anilines is 2. The number of hydrogen-bond acceptors (Lipinski definition) is 6. The van der Waals surface area contributed by atoms with Crippen LogP contribution < -0.4 is 10.2 Å². The van der Waals surface area contributed by atoms with Gasteiger partial charge in [0.2, 0.25) is 0 Å². The fourth-order valence-electron chi connectivity index (χ4n) is 2.25. The minimum absolute atomic E-state index is 0.0318. The molecule has 0 bridgehead atoms. The van der Waals surface area contributed by atoms with Crippen molar-refractivity contribution in [2.45, 2.75) is 13.0 Å². The van der Waals surface area contributed by atoms with Crippen LogP contribution in [-0.2, 0) is 9.53 Å². The normalized spacial score (nSPS) is 11.4. The van der Waals surface area contributed by atoms with E-state index in [1.807, 2.05) is 0 Å². The Kier molecular flexibility index (Phi) is 6.07. The molecule has 0 aliphatic rings. The molecule has 1 N–H and O–H groups in total. The Labute approximate surface area is 154 Å². The molecule has 0 saturated carbocycles. The van der Waals surface area contributed by atoms with Gasteiger partial charge >= 0.3 is 5.97 Å². The molecule has 0 spiro atoms. The van der Waals surface area contributed by atoms with Crippen LogP contribution >= 0.6 is 0 Å². The Bertz CT molecular complexity index is 868. The maximum atomic E-state index is 12.9. The molecular weight excluding hydrogens is 357 g/mol. The zero-order valence-electron chi connectivity index (χ0n) is 14.9. The number of carbonyl (C=O) groups excluding carboxylic acids is 2. The Hall–Kier alpha value is -3.49. The highest BCUT2D eigenvalue weighted by atomic mass is 19.1. The fourth-order valence-corrected chi connectivity index (χ4v) is 2.25. The molecule has 2 rings (SSSR count). The van der Waals surface area contributed by atoms with E-state index >= 15 is 0 Å². The van der Waals surface area contributed by atoms with Gasteiger partial charge in [-0.2, -0.15) is 0 Å². The third kappa shape index (κ3) is 5.00. The minimum Gasteiger partial charge on any atom is -0.449 e. The van der Waals surface area contributed by atoms with E-state index in [0.717, 1.165) is 6.07 Å². The quantitative estimate of drug-likeness (QED) is 0.473. The number of benzene rings is 2. The first-order valence-corrected chi connectivity index (χ1v) is 7.92. The number of nitro groups is 1. The number of esters is 1. The third-order valence-corrected chi connectivity index (χ3v) is 3.66. The Morgan fingerprint density at radius 3 is 2.37 bits per heavy atom. The van der Waals surface area contributed by atoms with E-state index in [4.69, 9.17) is 4.74 Å². The summed E-state index contributed by atoms with van der Waals surface area (Å²) >= 11 is 0. The van der Waals surface area contributed by atoms with Crippen molar-refractivity contribution in [3.63, 3.8) is 0 Å². The molecule has 0 aromatic heterocycles. The van der Waals surface area contributed by atoms with E-state index in [-0.39, 0.29) is 11.3 Å². The maximum Gasteiger partial charge on any atom is 0.341 e. The number of hydrogen-bond donors (Lipinski definition) is 1. The second kappa shape index (κ2) is 8.26. The van der Waals surface area contributed by atoms with E-state index in [1.54, 1.807) is 19.0 Å². The summed E-state index contributed by atoms with van der Waals surface area (Å²) in [4.78, 5) is 36.6. The Morgan fingerprint density at radius 1 is 1.19 bits per heavy atom. The number of non-ortho nitro benzene ring substituents is 1. The van der Waals surface area contributed by atoms with Crippen LogP contribution in [0.5, 0.6) is 0 Å². The fraction of sp³-hybridized carbons (Fsp3) is 0.222. The molecule has 2 aromatic rings. The van der Waals surface area contributed by atoms with E-state index in [0.29, 0.717) is 11.4 Å². The zero-order chi connectivity index (χ0) is 20.1. The van der Waals surface area contributed by atoms with Crippen LogP contribution in [0.4, 0.5) is 21.5 Å². The molecule has 142 valence electrons.